The van der Waals surface area contributed by atoms with Gasteiger partial charge in [0.25, 0.3) is 0 Å². The van der Waals surface area contributed by atoms with Crippen molar-refractivity contribution in [2.45, 2.75) is 45.1 Å². The number of aromatic nitrogens is 2. The van der Waals surface area contributed by atoms with Crippen LogP contribution in [0.15, 0.2) is 6.33 Å². The van der Waals surface area contributed by atoms with Gasteiger partial charge in [0.05, 0.1) is 12.0 Å². The first-order chi connectivity index (χ1) is 9.78. The zero-order valence-electron chi connectivity index (χ0n) is 12.2. The van der Waals surface area contributed by atoms with Gasteiger partial charge >= 0.3 is 0 Å². The van der Waals surface area contributed by atoms with E-state index in [4.69, 9.17) is 0 Å². The number of hydrogen-bond donors (Lipinski definition) is 2. The Morgan fingerprint density at radius 2 is 2.45 bits per heavy atom. The van der Waals surface area contributed by atoms with Gasteiger partial charge in [0, 0.05) is 30.6 Å². The summed E-state index contributed by atoms with van der Waals surface area (Å²) in [7, 11) is 0. The first-order valence-electron chi connectivity index (χ1n) is 7.80. The monoisotopic (exact) mass is 276 g/mol. The maximum atomic E-state index is 12.3. The molecule has 1 aromatic rings. The van der Waals surface area contributed by atoms with E-state index < -0.39 is 0 Å². The molecule has 1 aromatic heterocycles. The summed E-state index contributed by atoms with van der Waals surface area (Å²) in [4.78, 5) is 22.2. The second-order valence-corrected chi connectivity index (χ2v) is 5.94. The minimum absolute atomic E-state index is 0.111. The van der Waals surface area contributed by atoms with E-state index in [-0.39, 0.29) is 11.8 Å². The van der Waals surface area contributed by atoms with E-state index in [1.807, 2.05) is 0 Å². The molecule has 2 heterocycles. The molecule has 2 unspecified atom stereocenters. The Balaban J connectivity index is 1.50. The third kappa shape index (κ3) is 2.73. The van der Waals surface area contributed by atoms with Crippen molar-refractivity contribution in [2.75, 3.05) is 19.6 Å². The van der Waals surface area contributed by atoms with Crippen molar-refractivity contribution in [3.05, 3.63) is 17.7 Å². The predicted octanol–water partition coefficient (Wildman–Crippen LogP) is 1.12. The number of imidazole rings is 1. The molecule has 0 radical (unpaired) electrons. The fraction of sp³-hybridized carbons (Fsp3) is 0.733. The smallest absolute Gasteiger partial charge is 0.223 e. The van der Waals surface area contributed by atoms with E-state index in [0.717, 1.165) is 43.7 Å². The lowest BCUT2D eigenvalue weighted by Gasteiger charge is -2.25. The molecule has 1 fully saturated rings. The lowest BCUT2D eigenvalue weighted by atomic mass is 9.89. The van der Waals surface area contributed by atoms with Crippen molar-refractivity contribution in [1.82, 2.24) is 20.2 Å². The second-order valence-electron chi connectivity index (χ2n) is 5.94. The number of aryl methyl sites for hydroxylation is 1. The van der Waals surface area contributed by atoms with Gasteiger partial charge in [-0.3, -0.25) is 9.69 Å². The van der Waals surface area contributed by atoms with Crippen LogP contribution in [0.2, 0.25) is 0 Å². The molecular weight excluding hydrogens is 252 g/mol. The van der Waals surface area contributed by atoms with E-state index in [2.05, 4.69) is 27.1 Å². The fourth-order valence-corrected chi connectivity index (χ4v) is 3.53. The fourth-order valence-electron chi connectivity index (χ4n) is 3.53. The van der Waals surface area contributed by atoms with Crippen LogP contribution >= 0.6 is 0 Å². The summed E-state index contributed by atoms with van der Waals surface area (Å²) < 4.78 is 0. The number of fused-ring (bicyclic) bond motifs is 1. The van der Waals surface area contributed by atoms with Gasteiger partial charge in [-0.25, -0.2) is 4.98 Å². The Morgan fingerprint density at radius 3 is 3.30 bits per heavy atom. The van der Waals surface area contributed by atoms with Crippen LogP contribution in [0, 0.1) is 5.92 Å². The van der Waals surface area contributed by atoms with Gasteiger partial charge in [-0.05, 0) is 38.8 Å². The number of carbonyl (C=O) groups excluding carboxylic acids is 1. The van der Waals surface area contributed by atoms with Crippen molar-refractivity contribution in [2.24, 2.45) is 5.92 Å². The van der Waals surface area contributed by atoms with Crippen LogP contribution in [0.3, 0.4) is 0 Å². The first kappa shape index (κ1) is 13.6. The van der Waals surface area contributed by atoms with Crippen molar-refractivity contribution >= 4 is 5.91 Å². The molecule has 1 aliphatic carbocycles. The maximum Gasteiger partial charge on any atom is 0.223 e. The number of rotatable bonds is 4. The molecule has 2 aliphatic rings. The number of H-pyrrole nitrogens is 1. The first-order valence-corrected chi connectivity index (χ1v) is 7.80. The molecule has 5 nitrogen and oxygen atoms in total. The largest absolute Gasteiger partial charge is 0.354 e. The summed E-state index contributed by atoms with van der Waals surface area (Å²) in [6.07, 6.45) is 6.86. The van der Waals surface area contributed by atoms with Crippen LogP contribution < -0.4 is 5.32 Å². The number of likely N-dealkylation sites (N-methyl/N-ethyl adjacent to an activating group) is 1. The average Bonchev–Trinajstić information content (AvgIpc) is 3.12. The zero-order valence-corrected chi connectivity index (χ0v) is 12.2. The van der Waals surface area contributed by atoms with Crippen LogP contribution in [-0.4, -0.2) is 46.5 Å². The lowest BCUT2D eigenvalue weighted by Crippen LogP contribution is -2.43. The van der Waals surface area contributed by atoms with Gasteiger partial charge in [-0.1, -0.05) is 6.92 Å². The number of nitrogens with one attached hydrogen (secondary N) is 2. The normalized spacial score (nSPS) is 26.4. The van der Waals surface area contributed by atoms with Crippen LogP contribution in [0.25, 0.3) is 0 Å². The summed E-state index contributed by atoms with van der Waals surface area (Å²) in [6, 6.07) is 0.537. The van der Waals surface area contributed by atoms with Crippen LogP contribution in [0.5, 0.6) is 0 Å². The summed E-state index contributed by atoms with van der Waals surface area (Å²) >= 11 is 0. The van der Waals surface area contributed by atoms with E-state index in [1.54, 1.807) is 6.33 Å². The third-order valence-corrected chi connectivity index (χ3v) is 4.78. The molecule has 110 valence electrons. The highest BCUT2D eigenvalue weighted by Crippen LogP contribution is 2.23. The third-order valence-electron chi connectivity index (χ3n) is 4.78. The van der Waals surface area contributed by atoms with E-state index in [0.29, 0.717) is 6.04 Å². The maximum absolute atomic E-state index is 12.3. The molecular formula is C15H24N4O. The Bertz CT molecular complexity index is 470. The average molecular weight is 276 g/mol. The molecule has 0 aromatic carbocycles. The second kappa shape index (κ2) is 5.95. The zero-order chi connectivity index (χ0) is 13.9. The molecule has 0 saturated carbocycles. The van der Waals surface area contributed by atoms with Crippen LogP contribution in [0.4, 0.5) is 0 Å². The van der Waals surface area contributed by atoms with Crippen molar-refractivity contribution in [3.63, 3.8) is 0 Å². The van der Waals surface area contributed by atoms with E-state index >= 15 is 0 Å². The van der Waals surface area contributed by atoms with Gasteiger partial charge < -0.3 is 10.3 Å². The lowest BCUT2D eigenvalue weighted by molar-refractivity contribution is -0.125. The molecule has 0 bridgehead atoms. The number of nitrogens with zero attached hydrogens (tertiary/aromatic N) is 2. The molecule has 1 amide bonds. The Hall–Kier alpha value is -1.36. The highest BCUT2D eigenvalue weighted by Gasteiger charge is 2.28. The van der Waals surface area contributed by atoms with Crippen molar-refractivity contribution < 1.29 is 4.79 Å². The Labute approximate surface area is 120 Å². The minimum Gasteiger partial charge on any atom is -0.354 e. The molecule has 20 heavy (non-hydrogen) atoms. The van der Waals surface area contributed by atoms with Crippen molar-refractivity contribution in [1.29, 1.82) is 0 Å². The van der Waals surface area contributed by atoms with Gasteiger partial charge in [0.2, 0.25) is 5.91 Å². The predicted molar refractivity (Wildman–Crippen MR) is 77.4 cm³/mol. The Kier molecular flexibility index (Phi) is 4.05. The standard InChI is InChI=1S/C15H24N4O/c1-2-19-7-3-4-12(19)9-16-15(20)11-5-6-13-14(8-11)18-10-17-13/h10-12H,2-9H2,1H3,(H,16,20)(H,17,18). The van der Waals surface area contributed by atoms with Gasteiger partial charge in [0.1, 0.15) is 0 Å². The number of likely N-dealkylation sites (tertiary alicyclic amines) is 1. The van der Waals surface area contributed by atoms with Gasteiger partial charge in [0.15, 0.2) is 0 Å². The number of carbonyl (C=O) groups is 1. The van der Waals surface area contributed by atoms with Crippen LogP contribution in [0.1, 0.15) is 37.6 Å². The summed E-state index contributed by atoms with van der Waals surface area (Å²) in [5.74, 6) is 0.327. The summed E-state index contributed by atoms with van der Waals surface area (Å²) in [6.45, 7) is 5.26. The highest BCUT2D eigenvalue weighted by molar-refractivity contribution is 5.79. The molecule has 5 heteroatoms. The van der Waals surface area contributed by atoms with Crippen LogP contribution in [-0.2, 0) is 17.6 Å². The minimum atomic E-state index is 0.111. The topological polar surface area (TPSA) is 61.0 Å². The quantitative estimate of drug-likeness (QED) is 0.866. The molecule has 2 atom stereocenters. The number of aromatic amines is 1. The van der Waals surface area contributed by atoms with E-state index in [9.17, 15) is 4.79 Å². The molecule has 2 N–H and O–H groups in total. The summed E-state index contributed by atoms with van der Waals surface area (Å²) in [5, 5.41) is 3.17. The van der Waals surface area contributed by atoms with Gasteiger partial charge in [-0.2, -0.15) is 0 Å². The van der Waals surface area contributed by atoms with Crippen molar-refractivity contribution in [3.8, 4) is 0 Å². The highest BCUT2D eigenvalue weighted by atomic mass is 16.1. The molecule has 1 saturated heterocycles. The van der Waals surface area contributed by atoms with Gasteiger partial charge in [-0.15, -0.1) is 0 Å². The summed E-state index contributed by atoms with van der Waals surface area (Å²) in [5.41, 5.74) is 2.29. The Morgan fingerprint density at radius 1 is 1.55 bits per heavy atom. The molecule has 0 spiro atoms. The van der Waals surface area contributed by atoms with E-state index in [1.165, 1.54) is 19.4 Å². The SMILES string of the molecule is CCN1CCCC1CNC(=O)C1CCc2nc[nH]c2C1. The number of hydrogen-bond acceptors (Lipinski definition) is 3. The molecule has 1 aliphatic heterocycles. The molecule has 3 rings (SSSR count). The number of amides is 1.